The Hall–Kier alpha value is -1.87. The first-order valence-corrected chi connectivity index (χ1v) is 8.11. The fourth-order valence-electron chi connectivity index (χ4n) is 2.00. The highest BCUT2D eigenvalue weighted by Gasteiger charge is 2.24. The van der Waals surface area contributed by atoms with Gasteiger partial charge in [-0.25, -0.2) is 0 Å². The SMILES string of the molecule is CCNCc1c(S(=O)(=O)Nc2cn(C)nc2C)n[nH]c1C. The van der Waals surface area contributed by atoms with Crippen molar-refractivity contribution in [1.82, 2.24) is 25.3 Å². The Balaban J connectivity index is 2.34. The molecule has 0 unspecified atom stereocenters. The number of hydrogen-bond donors (Lipinski definition) is 3. The van der Waals surface area contributed by atoms with E-state index in [1.165, 1.54) is 0 Å². The molecular weight excluding hydrogens is 292 g/mol. The highest BCUT2D eigenvalue weighted by molar-refractivity contribution is 7.92. The molecule has 2 aromatic rings. The van der Waals surface area contributed by atoms with Crippen LogP contribution in [0.3, 0.4) is 0 Å². The van der Waals surface area contributed by atoms with E-state index >= 15 is 0 Å². The summed E-state index contributed by atoms with van der Waals surface area (Å²) in [5.41, 5.74) is 2.44. The zero-order chi connectivity index (χ0) is 15.6. The number of aryl methyl sites for hydroxylation is 3. The van der Waals surface area contributed by atoms with Crippen LogP contribution in [0.5, 0.6) is 0 Å². The van der Waals surface area contributed by atoms with Crippen LogP contribution in [-0.2, 0) is 23.6 Å². The summed E-state index contributed by atoms with van der Waals surface area (Å²) in [7, 11) is -2.01. The van der Waals surface area contributed by atoms with Crippen LogP contribution in [0, 0.1) is 13.8 Å². The summed E-state index contributed by atoms with van der Waals surface area (Å²) in [6, 6.07) is 0. The van der Waals surface area contributed by atoms with Crippen molar-refractivity contribution in [2.45, 2.75) is 32.3 Å². The molecule has 0 spiro atoms. The molecule has 0 atom stereocenters. The van der Waals surface area contributed by atoms with E-state index in [0.717, 1.165) is 12.2 Å². The predicted octanol–water partition coefficient (Wildman–Crippen LogP) is 0.670. The Morgan fingerprint density at radius 2 is 2.10 bits per heavy atom. The average molecular weight is 312 g/mol. The van der Waals surface area contributed by atoms with E-state index < -0.39 is 10.0 Å². The lowest BCUT2D eigenvalue weighted by Crippen LogP contribution is -2.19. The van der Waals surface area contributed by atoms with E-state index in [4.69, 9.17) is 0 Å². The number of rotatable bonds is 6. The quantitative estimate of drug-likeness (QED) is 0.727. The molecule has 3 N–H and O–H groups in total. The molecule has 0 aliphatic heterocycles. The van der Waals surface area contributed by atoms with Crippen LogP contribution in [0.4, 0.5) is 5.69 Å². The topological polar surface area (TPSA) is 105 Å². The Morgan fingerprint density at radius 3 is 2.67 bits per heavy atom. The molecule has 0 saturated carbocycles. The largest absolute Gasteiger partial charge is 0.313 e. The van der Waals surface area contributed by atoms with Crippen molar-refractivity contribution in [2.75, 3.05) is 11.3 Å². The molecule has 2 heterocycles. The fraction of sp³-hybridized carbons (Fsp3) is 0.500. The number of nitrogens with zero attached hydrogens (tertiary/aromatic N) is 3. The average Bonchev–Trinajstić information content (AvgIpc) is 2.90. The maximum atomic E-state index is 12.5. The van der Waals surface area contributed by atoms with Crippen molar-refractivity contribution in [3.05, 3.63) is 23.1 Å². The van der Waals surface area contributed by atoms with Gasteiger partial charge in [0.2, 0.25) is 5.03 Å². The van der Waals surface area contributed by atoms with Crippen LogP contribution in [0.15, 0.2) is 11.2 Å². The zero-order valence-corrected chi connectivity index (χ0v) is 13.4. The maximum Gasteiger partial charge on any atom is 0.281 e. The number of sulfonamides is 1. The molecule has 21 heavy (non-hydrogen) atoms. The van der Waals surface area contributed by atoms with Crippen LogP contribution >= 0.6 is 0 Å². The first kappa shape index (κ1) is 15.5. The minimum Gasteiger partial charge on any atom is -0.313 e. The van der Waals surface area contributed by atoms with Crippen LogP contribution in [0.1, 0.15) is 23.9 Å². The number of nitrogens with one attached hydrogen (secondary N) is 3. The first-order chi connectivity index (χ1) is 9.85. The summed E-state index contributed by atoms with van der Waals surface area (Å²) in [4.78, 5) is 0. The van der Waals surface area contributed by atoms with Gasteiger partial charge in [-0.2, -0.15) is 18.6 Å². The van der Waals surface area contributed by atoms with Gasteiger partial charge in [-0.3, -0.25) is 14.5 Å². The molecule has 0 amide bonds. The molecule has 8 nitrogen and oxygen atoms in total. The fourth-order valence-corrected chi connectivity index (χ4v) is 3.31. The lowest BCUT2D eigenvalue weighted by molar-refractivity contribution is 0.594. The molecule has 0 saturated heterocycles. The highest BCUT2D eigenvalue weighted by Crippen LogP contribution is 2.21. The van der Waals surface area contributed by atoms with Crippen LogP contribution in [0.25, 0.3) is 0 Å². The summed E-state index contributed by atoms with van der Waals surface area (Å²) < 4.78 is 29.1. The van der Waals surface area contributed by atoms with Crippen molar-refractivity contribution < 1.29 is 8.42 Å². The van der Waals surface area contributed by atoms with Gasteiger partial charge < -0.3 is 5.32 Å². The van der Waals surface area contributed by atoms with Gasteiger partial charge >= 0.3 is 0 Å². The maximum absolute atomic E-state index is 12.5. The molecule has 116 valence electrons. The molecule has 0 aliphatic rings. The van der Waals surface area contributed by atoms with E-state index in [9.17, 15) is 8.42 Å². The molecule has 0 aromatic carbocycles. The van der Waals surface area contributed by atoms with E-state index in [1.54, 1.807) is 31.8 Å². The van der Waals surface area contributed by atoms with Gasteiger partial charge in [-0.1, -0.05) is 6.92 Å². The Kier molecular flexibility index (Phi) is 4.33. The minimum absolute atomic E-state index is 0.0178. The van der Waals surface area contributed by atoms with Crippen LogP contribution in [0.2, 0.25) is 0 Å². The smallest absolute Gasteiger partial charge is 0.281 e. The lowest BCUT2D eigenvalue weighted by atomic mass is 10.2. The van der Waals surface area contributed by atoms with Gasteiger partial charge in [0.25, 0.3) is 10.0 Å². The van der Waals surface area contributed by atoms with E-state index in [1.807, 2.05) is 6.92 Å². The standard InChI is InChI=1S/C12H20N6O2S/c1-5-13-6-10-8(2)14-15-12(10)21(19,20)17-11-7-18(4)16-9(11)3/h7,13,17H,5-6H2,1-4H3,(H,14,15). The number of hydrogen-bond acceptors (Lipinski definition) is 5. The van der Waals surface area contributed by atoms with E-state index in [2.05, 4.69) is 25.3 Å². The van der Waals surface area contributed by atoms with Gasteiger partial charge in [-0.15, -0.1) is 0 Å². The second-order valence-corrected chi connectivity index (χ2v) is 6.42. The summed E-state index contributed by atoms with van der Waals surface area (Å²) in [5.74, 6) is 0. The zero-order valence-electron chi connectivity index (χ0n) is 12.6. The first-order valence-electron chi connectivity index (χ1n) is 6.62. The van der Waals surface area contributed by atoms with E-state index in [-0.39, 0.29) is 5.03 Å². The lowest BCUT2D eigenvalue weighted by Gasteiger charge is -2.07. The van der Waals surface area contributed by atoms with Gasteiger partial charge in [0, 0.05) is 31.0 Å². The van der Waals surface area contributed by atoms with E-state index in [0.29, 0.717) is 23.5 Å². The monoisotopic (exact) mass is 312 g/mol. The second-order valence-electron chi connectivity index (χ2n) is 4.82. The van der Waals surface area contributed by atoms with Crippen molar-refractivity contribution in [3.8, 4) is 0 Å². The molecular formula is C12H20N6O2S. The van der Waals surface area contributed by atoms with Crippen molar-refractivity contribution in [2.24, 2.45) is 7.05 Å². The Morgan fingerprint density at radius 1 is 1.38 bits per heavy atom. The van der Waals surface area contributed by atoms with Gasteiger partial charge in [0.05, 0.1) is 11.4 Å². The van der Waals surface area contributed by atoms with Crippen molar-refractivity contribution in [3.63, 3.8) is 0 Å². The molecule has 0 aliphatic carbocycles. The molecule has 2 aromatic heterocycles. The van der Waals surface area contributed by atoms with Gasteiger partial charge in [-0.05, 0) is 20.4 Å². The van der Waals surface area contributed by atoms with Crippen molar-refractivity contribution >= 4 is 15.7 Å². The summed E-state index contributed by atoms with van der Waals surface area (Å²) >= 11 is 0. The highest BCUT2D eigenvalue weighted by atomic mass is 32.2. The Labute approximate surface area is 124 Å². The Bertz CT molecular complexity index is 731. The molecule has 0 bridgehead atoms. The number of anilines is 1. The summed E-state index contributed by atoms with van der Waals surface area (Å²) in [6.07, 6.45) is 1.62. The number of H-pyrrole nitrogens is 1. The van der Waals surface area contributed by atoms with Gasteiger partial charge in [0.15, 0.2) is 0 Å². The van der Waals surface area contributed by atoms with Crippen molar-refractivity contribution in [1.29, 1.82) is 0 Å². The second kappa shape index (κ2) is 5.86. The van der Waals surface area contributed by atoms with Crippen LogP contribution in [-0.4, -0.2) is 34.9 Å². The minimum atomic E-state index is -3.75. The molecule has 0 fully saturated rings. The normalized spacial score (nSPS) is 11.8. The van der Waals surface area contributed by atoms with Gasteiger partial charge in [0.1, 0.15) is 0 Å². The molecule has 2 rings (SSSR count). The third kappa shape index (κ3) is 3.24. The van der Waals surface area contributed by atoms with Crippen LogP contribution < -0.4 is 10.0 Å². The molecule has 9 heteroatoms. The third-order valence-corrected chi connectivity index (χ3v) is 4.44. The third-order valence-electron chi connectivity index (χ3n) is 3.10. The number of aromatic amines is 1. The summed E-state index contributed by atoms with van der Waals surface area (Å²) in [6.45, 7) is 6.70. The summed E-state index contributed by atoms with van der Waals surface area (Å²) in [5, 5.41) is 13.9. The number of aromatic nitrogens is 4. The molecule has 0 radical (unpaired) electrons. The predicted molar refractivity (Wildman–Crippen MR) is 79.5 cm³/mol.